The van der Waals surface area contributed by atoms with E-state index in [1.807, 2.05) is 0 Å². The van der Waals surface area contributed by atoms with Crippen LogP contribution < -0.4 is 5.73 Å². The molecule has 0 aliphatic rings. The van der Waals surface area contributed by atoms with Crippen LogP contribution in [-0.2, 0) is 4.79 Å². The van der Waals surface area contributed by atoms with Crippen LogP contribution in [0.3, 0.4) is 0 Å². The van der Waals surface area contributed by atoms with Gasteiger partial charge in [0.1, 0.15) is 0 Å². The molecular weight excluding hydrogens is 368 g/mol. The molecule has 0 radical (unpaired) electrons. The summed E-state index contributed by atoms with van der Waals surface area (Å²) >= 11 is 0. The second-order valence-corrected chi connectivity index (χ2v) is 9.41. The van der Waals surface area contributed by atoms with E-state index < -0.39 is 0 Å². The van der Waals surface area contributed by atoms with Gasteiger partial charge in [-0.1, -0.05) is 118 Å². The van der Waals surface area contributed by atoms with Crippen LogP contribution in [0.25, 0.3) is 0 Å². The number of carbonyl (C=O) groups excluding carboxylic acids is 1. The number of hydrogen-bond acceptors (Lipinski definition) is 2. The predicted octanol–water partition coefficient (Wildman–Crippen LogP) is 7.86. The quantitative estimate of drug-likeness (QED) is 0.170. The second-order valence-electron chi connectivity index (χ2n) is 9.41. The highest BCUT2D eigenvalue weighted by atomic mass is 16.1. The largest absolute Gasteiger partial charge is 0.369 e. The SMILES string of the molecule is CCCCCCCCCCCCCCC(C(N)=O)C(CC)N(CCCC)CCCC. The molecule has 1 amide bonds. The molecule has 0 fully saturated rings. The van der Waals surface area contributed by atoms with Crippen LogP contribution in [0, 0.1) is 5.92 Å². The van der Waals surface area contributed by atoms with Gasteiger partial charge >= 0.3 is 0 Å². The van der Waals surface area contributed by atoms with E-state index in [2.05, 4.69) is 32.6 Å². The van der Waals surface area contributed by atoms with E-state index in [1.54, 1.807) is 0 Å². The molecule has 0 aromatic heterocycles. The van der Waals surface area contributed by atoms with Crippen molar-refractivity contribution in [2.45, 2.75) is 149 Å². The summed E-state index contributed by atoms with van der Waals surface area (Å²) < 4.78 is 0. The van der Waals surface area contributed by atoms with Gasteiger partial charge in [-0.25, -0.2) is 0 Å². The van der Waals surface area contributed by atoms with Gasteiger partial charge < -0.3 is 5.73 Å². The van der Waals surface area contributed by atoms with Crippen molar-refractivity contribution in [2.75, 3.05) is 13.1 Å². The highest BCUT2D eigenvalue weighted by molar-refractivity contribution is 5.77. The minimum atomic E-state index is -0.0806. The van der Waals surface area contributed by atoms with Gasteiger partial charge in [-0.15, -0.1) is 0 Å². The lowest BCUT2D eigenvalue weighted by molar-refractivity contribution is -0.124. The Balaban J connectivity index is 4.17. The molecule has 3 heteroatoms. The molecule has 0 aromatic carbocycles. The van der Waals surface area contributed by atoms with Crippen molar-refractivity contribution >= 4 is 5.91 Å². The third kappa shape index (κ3) is 15.3. The van der Waals surface area contributed by atoms with Gasteiger partial charge in [-0.2, -0.15) is 0 Å². The first-order chi connectivity index (χ1) is 14.6. The molecule has 0 aromatic rings. The monoisotopic (exact) mass is 424 g/mol. The van der Waals surface area contributed by atoms with Gasteiger partial charge in [-0.3, -0.25) is 9.69 Å². The Morgan fingerprint density at radius 2 is 1.03 bits per heavy atom. The first-order valence-corrected chi connectivity index (χ1v) is 13.7. The first kappa shape index (κ1) is 29.4. The second kappa shape index (κ2) is 21.7. The minimum absolute atomic E-state index is 0.0202. The molecule has 2 unspecified atom stereocenters. The number of nitrogens with zero attached hydrogens (tertiary/aromatic N) is 1. The van der Waals surface area contributed by atoms with E-state index in [4.69, 9.17) is 5.73 Å². The van der Waals surface area contributed by atoms with Crippen molar-refractivity contribution in [3.8, 4) is 0 Å². The maximum Gasteiger partial charge on any atom is 0.222 e. The van der Waals surface area contributed by atoms with Crippen molar-refractivity contribution < 1.29 is 4.79 Å². The van der Waals surface area contributed by atoms with Crippen molar-refractivity contribution in [2.24, 2.45) is 11.7 Å². The summed E-state index contributed by atoms with van der Waals surface area (Å²) in [6.45, 7) is 11.2. The number of nitrogens with two attached hydrogens (primary N) is 1. The van der Waals surface area contributed by atoms with E-state index >= 15 is 0 Å². The Hall–Kier alpha value is -0.570. The van der Waals surface area contributed by atoms with Crippen LogP contribution in [0.4, 0.5) is 0 Å². The molecule has 0 heterocycles. The fraction of sp³-hybridized carbons (Fsp3) is 0.963. The predicted molar refractivity (Wildman–Crippen MR) is 134 cm³/mol. The first-order valence-electron chi connectivity index (χ1n) is 13.7. The Morgan fingerprint density at radius 1 is 0.633 bits per heavy atom. The molecule has 0 aliphatic heterocycles. The Bertz CT molecular complexity index is 364. The molecule has 0 bridgehead atoms. The van der Waals surface area contributed by atoms with E-state index in [0.29, 0.717) is 6.04 Å². The maximum atomic E-state index is 12.3. The summed E-state index contributed by atoms with van der Waals surface area (Å²) in [4.78, 5) is 14.9. The van der Waals surface area contributed by atoms with Crippen molar-refractivity contribution in [1.82, 2.24) is 4.90 Å². The maximum absolute atomic E-state index is 12.3. The summed E-state index contributed by atoms with van der Waals surface area (Å²) in [6.07, 6.45) is 23.1. The molecule has 3 nitrogen and oxygen atoms in total. The number of unbranched alkanes of at least 4 members (excludes halogenated alkanes) is 13. The van der Waals surface area contributed by atoms with Crippen LogP contribution in [0.2, 0.25) is 0 Å². The van der Waals surface area contributed by atoms with E-state index in [1.165, 1.54) is 96.3 Å². The number of amides is 1. The van der Waals surface area contributed by atoms with Gasteiger partial charge in [0.15, 0.2) is 0 Å². The zero-order chi connectivity index (χ0) is 22.5. The lowest BCUT2D eigenvalue weighted by Crippen LogP contribution is -2.46. The average Bonchev–Trinajstić information content (AvgIpc) is 2.74. The standard InChI is InChI=1S/C27H56N2O/c1-5-9-12-13-14-15-16-17-18-19-20-21-22-25(27(28)30)26(8-4)29(23-10-6-2)24-11-7-3/h25-26H,5-24H2,1-4H3,(H2,28,30). The zero-order valence-corrected chi connectivity index (χ0v) is 21.2. The summed E-state index contributed by atoms with van der Waals surface area (Å²) in [6, 6.07) is 0.327. The molecule has 0 saturated heterocycles. The van der Waals surface area contributed by atoms with Gasteiger partial charge in [-0.05, 0) is 38.8 Å². The fourth-order valence-corrected chi connectivity index (χ4v) is 4.69. The number of rotatable bonds is 23. The van der Waals surface area contributed by atoms with Crippen LogP contribution in [0.15, 0.2) is 0 Å². The third-order valence-corrected chi connectivity index (χ3v) is 6.68. The number of carbonyl (C=O) groups is 1. The minimum Gasteiger partial charge on any atom is -0.369 e. The molecule has 0 rings (SSSR count). The summed E-state index contributed by atoms with van der Waals surface area (Å²) in [5.41, 5.74) is 5.88. The van der Waals surface area contributed by atoms with Crippen LogP contribution in [0.1, 0.15) is 143 Å². The zero-order valence-electron chi connectivity index (χ0n) is 21.2. The third-order valence-electron chi connectivity index (χ3n) is 6.68. The van der Waals surface area contributed by atoms with Crippen LogP contribution >= 0.6 is 0 Å². The molecule has 180 valence electrons. The lowest BCUT2D eigenvalue weighted by atomic mass is 9.89. The number of hydrogen-bond donors (Lipinski definition) is 1. The Morgan fingerprint density at radius 3 is 1.40 bits per heavy atom. The highest BCUT2D eigenvalue weighted by Gasteiger charge is 2.29. The Labute approximate surface area is 189 Å². The molecule has 0 saturated carbocycles. The molecule has 30 heavy (non-hydrogen) atoms. The van der Waals surface area contributed by atoms with Gasteiger partial charge in [0.2, 0.25) is 5.91 Å². The summed E-state index contributed by atoms with van der Waals surface area (Å²) in [7, 11) is 0. The molecule has 0 spiro atoms. The highest BCUT2D eigenvalue weighted by Crippen LogP contribution is 2.23. The normalized spacial score (nSPS) is 13.6. The lowest BCUT2D eigenvalue weighted by Gasteiger charge is -2.35. The van der Waals surface area contributed by atoms with E-state index in [-0.39, 0.29) is 11.8 Å². The summed E-state index contributed by atoms with van der Waals surface area (Å²) in [5, 5.41) is 0. The van der Waals surface area contributed by atoms with E-state index in [9.17, 15) is 4.79 Å². The summed E-state index contributed by atoms with van der Waals surface area (Å²) in [5.74, 6) is -0.0604. The van der Waals surface area contributed by atoms with E-state index in [0.717, 1.165) is 32.4 Å². The smallest absolute Gasteiger partial charge is 0.222 e. The van der Waals surface area contributed by atoms with Crippen molar-refractivity contribution in [1.29, 1.82) is 0 Å². The average molecular weight is 425 g/mol. The van der Waals surface area contributed by atoms with Crippen molar-refractivity contribution in [3.63, 3.8) is 0 Å². The molecule has 2 N–H and O–H groups in total. The fourth-order valence-electron chi connectivity index (χ4n) is 4.69. The van der Waals surface area contributed by atoms with Crippen LogP contribution in [0.5, 0.6) is 0 Å². The van der Waals surface area contributed by atoms with Gasteiger partial charge in [0, 0.05) is 6.04 Å². The molecule has 0 aliphatic carbocycles. The Kier molecular flexibility index (Phi) is 21.2. The van der Waals surface area contributed by atoms with Gasteiger partial charge in [0.05, 0.1) is 5.92 Å². The van der Waals surface area contributed by atoms with Crippen LogP contribution in [-0.4, -0.2) is 29.9 Å². The van der Waals surface area contributed by atoms with Gasteiger partial charge in [0.25, 0.3) is 0 Å². The topological polar surface area (TPSA) is 46.3 Å². The van der Waals surface area contributed by atoms with Crippen molar-refractivity contribution in [3.05, 3.63) is 0 Å². The molecule has 2 atom stereocenters. The molecular formula is C27H56N2O. The number of primary amides is 1.